The van der Waals surface area contributed by atoms with Crippen LogP contribution in [0.25, 0.3) is 0 Å². The number of para-hydroxylation sites is 1. The molecule has 154 valence electrons. The molecule has 0 spiro atoms. The highest BCUT2D eigenvalue weighted by atomic mass is 32.2. The van der Waals surface area contributed by atoms with Crippen molar-refractivity contribution in [1.82, 2.24) is 5.32 Å². The minimum Gasteiger partial charge on any atom is -0.349 e. The fourth-order valence-electron chi connectivity index (χ4n) is 3.57. The molecule has 7 heteroatoms. The van der Waals surface area contributed by atoms with E-state index in [2.05, 4.69) is 10.6 Å². The van der Waals surface area contributed by atoms with Gasteiger partial charge in [0.25, 0.3) is 5.91 Å². The third-order valence-electron chi connectivity index (χ3n) is 4.97. The van der Waals surface area contributed by atoms with Crippen LogP contribution in [0.3, 0.4) is 0 Å². The Balaban J connectivity index is 1.63. The number of amides is 2. The number of carbonyl (C=O) groups excluding carboxylic acids is 2. The highest BCUT2D eigenvalue weighted by Gasteiger charge is 2.21. The molecule has 1 aliphatic rings. The summed E-state index contributed by atoms with van der Waals surface area (Å²) in [6, 6.07) is 15.5. The number of sulfone groups is 1. The normalized spacial score (nSPS) is 14.9. The van der Waals surface area contributed by atoms with E-state index in [1.807, 2.05) is 0 Å². The Hall–Kier alpha value is -2.67. The molecule has 2 amide bonds. The van der Waals surface area contributed by atoms with Gasteiger partial charge in [-0.1, -0.05) is 61.7 Å². The van der Waals surface area contributed by atoms with Crippen molar-refractivity contribution < 1.29 is 18.0 Å². The lowest BCUT2D eigenvalue weighted by Crippen LogP contribution is -2.36. The summed E-state index contributed by atoms with van der Waals surface area (Å²) in [6.07, 6.45) is 5.30. The summed E-state index contributed by atoms with van der Waals surface area (Å²) in [6.45, 7) is 0. The number of carbonyl (C=O) groups is 2. The lowest BCUT2D eigenvalue weighted by Gasteiger charge is -2.23. The first-order chi connectivity index (χ1) is 13.9. The van der Waals surface area contributed by atoms with Crippen LogP contribution >= 0.6 is 0 Å². The maximum absolute atomic E-state index is 12.7. The zero-order chi connectivity index (χ0) is 20.7. The summed E-state index contributed by atoms with van der Waals surface area (Å²) in [5.41, 5.74) is 1.29. The van der Waals surface area contributed by atoms with E-state index in [9.17, 15) is 18.0 Å². The average molecular weight is 415 g/mol. The Morgan fingerprint density at radius 1 is 0.897 bits per heavy atom. The van der Waals surface area contributed by atoms with Crippen LogP contribution < -0.4 is 10.6 Å². The predicted molar refractivity (Wildman–Crippen MR) is 113 cm³/mol. The van der Waals surface area contributed by atoms with Crippen molar-refractivity contribution in [2.45, 2.75) is 43.9 Å². The van der Waals surface area contributed by atoms with Gasteiger partial charge in [-0.05, 0) is 30.5 Å². The predicted octanol–water partition coefficient (Wildman–Crippen LogP) is 3.30. The molecule has 3 rings (SSSR count). The third kappa shape index (κ3) is 6.42. The summed E-state index contributed by atoms with van der Waals surface area (Å²) in [4.78, 5) is 25.0. The number of hydrogen-bond donors (Lipinski definition) is 2. The van der Waals surface area contributed by atoms with Crippen LogP contribution in [0.2, 0.25) is 0 Å². The van der Waals surface area contributed by atoms with Gasteiger partial charge in [-0.2, -0.15) is 0 Å². The Kier molecular flexibility index (Phi) is 7.04. The van der Waals surface area contributed by atoms with Gasteiger partial charge >= 0.3 is 0 Å². The van der Waals surface area contributed by atoms with Crippen molar-refractivity contribution in [3.8, 4) is 0 Å². The second-order valence-corrected chi connectivity index (χ2v) is 9.48. The maximum atomic E-state index is 12.7. The second-order valence-electron chi connectivity index (χ2n) is 7.42. The molecule has 0 aliphatic heterocycles. The number of anilines is 1. The van der Waals surface area contributed by atoms with Crippen LogP contribution in [0, 0.1) is 0 Å². The minimum atomic E-state index is -3.62. The van der Waals surface area contributed by atoms with Gasteiger partial charge in [-0.3, -0.25) is 9.59 Å². The molecule has 29 heavy (non-hydrogen) atoms. The Bertz CT molecular complexity index is 952. The molecule has 1 aliphatic carbocycles. The van der Waals surface area contributed by atoms with E-state index in [1.165, 1.54) is 6.42 Å². The number of hydrogen-bond acceptors (Lipinski definition) is 4. The van der Waals surface area contributed by atoms with Gasteiger partial charge in [-0.15, -0.1) is 0 Å². The van der Waals surface area contributed by atoms with Crippen molar-refractivity contribution in [3.63, 3.8) is 0 Å². The van der Waals surface area contributed by atoms with E-state index in [0.717, 1.165) is 25.7 Å². The van der Waals surface area contributed by atoms with Crippen molar-refractivity contribution in [1.29, 1.82) is 0 Å². The largest absolute Gasteiger partial charge is 0.349 e. The zero-order valence-corrected chi connectivity index (χ0v) is 17.1. The highest BCUT2D eigenvalue weighted by Crippen LogP contribution is 2.20. The van der Waals surface area contributed by atoms with E-state index in [1.54, 1.807) is 54.6 Å². The van der Waals surface area contributed by atoms with E-state index in [-0.39, 0.29) is 17.7 Å². The molecule has 1 fully saturated rings. The van der Waals surface area contributed by atoms with E-state index in [0.29, 0.717) is 16.8 Å². The summed E-state index contributed by atoms with van der Waals surface area (Å²) in [7, 11) is -3.62. The Morgan fingerprint density at radius 3 is 2.28 bits per heavy atom. The molecule has 2 aromatic carbocycles. The minimum absolute atomic E-state index is 0.145. The highest BCUT2D eigenvalue weighted by molar-refractivity contribution is 7.91. The molecule has 6 nitrogen and oxygen atoms in total. The van der Waals surface area contributed by atoms with E-state index < -0.39 is 21.5 Å². The lowest BCUT2D eigenvalue weighted by molar-refractivity contribution is -0.113. The van der Waals surface area contributed by atoms with Gasteiger partial charge in [0.15, 0.2) is 9.84 Å². The number of nitrogens with one attached hydrogen (secondary N) is 2. The third-order valence-corrected chi connectivity index (χ3v) is 6.44. The van der Waals surface area contributed by atoms with Crippen molar-refractivity contribution in [2.75, 3.05) is 11.1 Å². The van der Waals surface area contributed by atoms with Crippen LogP contribution in [0.4, 0.5) is 5.69 Å². The summed E-state index contributed by atoms with van der Waals surface area (Å²) in [5, 5.41) is 5.61. The molecule has 0 heterocycles. The fourth-order valence-corrected chi connectivity index (χ4v) is 4.84. The van der Waals surface area contributed by atoms with Crippen LogP contribution in [0.5, 0.6) is 0 Å². The molecule has 0 atom stereocenters. The van der Waals surface area contributed by atoms with Gasteiger partial charge in [0.05, 0.1) is 17.0 Å². The smallest absolute Gasteiger partial charge is 0.253 e. The monoisotopic (exact) mass is 414 g/mol. The Labute approximate surface area is 171 Å². The maximum Gasteiger partial charge on any atom is 0.253 e. The van der Waals surface area contributed by atoms with Crippen LogP contribution in [0.1, 0.15) is 48.0 Å². The number of rotatable bonds is 7. The molecule has 2 N–H and O–H groups in total. The topological polar surface area (TPSA) is 92.3 Å². The summed E-state index contributed by atoms with van der Waals surface area (Å²) >= 11 is 0. The van der Waals surface area contributed by atoms with E-state index >= 15 is 0 Å². The molecule has 0 bridgehead atoms. The zero-order valence-electron chi connectivity index (χ0n) is 16.3. The first-order valence-corrected chi connectivity index (χ1v) is 11.7. The fraction of sp³-hybridized carbons (Fsp3) is 0.364. The van der Waals surface area contributed by atoms with Crippen molar-refractivity contribution >= 4 is 27.3 Å². The van der Waals surface area contributed by atoms with Gasteiger partial charge in [0.1, 0.15) is 5.75 Å². The number of benzene rings is 2. The quantitative estimate of drug-likeness (QED) is 0.727. The molecular formula is C22H26N2O4S. The van der Waals surface area contributed by atoms with Gasteiger partial charge in [-0.25, -0.2) is 8.42 Å². The Morgan fingerprint density at radius 2 is 1.55 bits per heavy atom. The van der Waals surface area contributed by atoms with Crippen molar-refractivity contribution in [2.24, 2.45) is 0 Å². The van der Waals surface area contributed by atoms with Crippen LogP contribution in [-0.4, -0.2) is 32.0 Å². The molecule has 2 aromatic rings. The molecule has 0 saturated heterocycles. The molecular weight excluding hydrogens is 388 g/mol. The van der Waals surface area contributed by atoms with Gasteiger partial charge < -0.3 is 10.6 Å². The van der Waals surface area contributed by atoms with Gasteiger partial charge in [0.2, 0.25) is 5.91 Å². The molecule has 1 saturated carbocycles. The SMILES string of the molecule is O=C(CS(=O)(=O)Cc1ccccc1)Nc1ccccc1C(=O)NC1CCCCC1. The van der Waals surface area contributed by atoms with Crippen LogP contribution in [0.15, 0.2) is 54.6 Å². The average Bonchev–Trinajstić information content (AvgIpc) is 2.69. The summed E-state index contributed by atoms with van der Waals surface area (Å²) < 4.78 is 24.7. The van der Waals surface area contributed by atoms with E-state index in [4.69, 9.17) is 0 Å². The summed E-state index contributed by atoms with van der Waals surface area (Å²) in [5.74, 6) is -1.75. The molecule has 0 aromatic heterocycles. The second kappa shape index (κ2) is 9.69. The lowest BCUT2D eigenvalue weighted by atomic mass is 9.95. The molecule has 0 unspecified atom stereocenters. The van der Waals surface area contributed by atoms with Crippen LogP contribution in [-0.2, 0) is 20.4 Å². The van der Waals surface area contributed by atoms with Gasteiger partial charge in [0, 0.05) is 6.04 Å². The standard InChI is InChI=1S/C22H26N2O4S/c25-21(16-29(27,28)15-17-9-3-1-4-10-17)24-20-14-8-7-13-19(20)22(26)23-18-11-5-2-6-12-18/h1,3-4,7-10,13-14,18H,2,5-6,11-12,15-16H2,(H,23,26)(H,24,25). The first kappa shape index (κ1) is 21.0. The first-order valence-electron chi connectivity index (χ1n) is 9.87. The van der Waals surface area contributed by atoms with Crippen molar-refractivity contribution in [3.05, 3.63) is 65.7 Å². The molecule has 0 radical (unpaired) electrons.